The topological polar surface area (TPSA) is 107 Å². The normalized spacial score (nSPS) is 17.3. The fourth-order valence-corrected chi connectivity index (χ4v) is 5.07. The Kier molecular flexibility index (Phi) is 8.41. The second-order valence-electron chi connectivity index (χ2n) is 11.8. The van der Waals surface area contributed by atoms with Crippen LogP contribution >= 0.6 is 0 Å². The molecule has 0 bridgehead atoms. The minimum absolute atomic E-state index is 0.0881. The number of rotatable bonds is 10. The van der Waals surface area contributed by atoms with Gasteiger partial charge in [0.25, 0.3) is 0 Å². The summed E-state index contributed by atoms with van der Waals surface area (Å²) >= 11 is 0. The van der Waals surface area contributed by atoms with Gasteiger partial charge in [-0.3, -0.25) is 4.79 Å². The van der Waals surface area contributed by atoms with Crippen molar-refractivity contribution in [2.45, 2.75) is 70.2 Å². The summed E-state index contributed by atoms with van der Waals surface area (Å²) in [6, 6.07) is 15.5. The van der Waals surface area contributed by atoms with Gasteiger partial charge in [-0.25, -0.2) is 4.39 Å². The monoisotopic (exact) mass is 586 g/mol. The van der Waals surface area contributed by atoms with E-state index in [1.165, 1.54) is 20.7 Å². The Morgan fingerprint density at radius 3 is 2.65 bits per heavy atom. The number of nitriles is 1. The summed E-state index contributed by atoms with van der Waals surface area (Å²) in [5.41, 5.74) is 0.989. The van der Waals surface area contributed by atoms with Crippen LogP contribution in [-0.4, -0.2) is 43.5 Å². The van der Waals surface area contributed by atoms with Gasteiger partial charge in [0.05, 0.1) is 36.9 Å². The number of ether oxygens (including phenoxy) is 4. The molecule has 0 spiro atoms. The van der Waals surface area contributed by atoms with E-state index in [0.717, 1.165) is 5.56 Å². The van der Waals surface area contributed by atoms with Crippen LogP contribution in [-0.2, 0) is 20.6 Å². The number of nitrogens with zero attached hydrogens (tertiary/aromatic N) is 1. The Balaban J connectivity index is 1.34. The Morgan fingerprint density at radius 1 is 1.14 bits per heavy atom. The summed E-state index contributed by atoms with van der Waals surface area (Å²) in [5, 5.41) is 20.1. The van der Waals surface area contributed by atoms with Crippen molar-refractivity contribution in [3.63, 3.8) is 0 Å². The molecule has 10 heteroatoms. The van der Waals surface area contributed by atoms with E-state index in [0.29, 0.717) is 64.6 Å². The first-order valence-electron chi connectivity index (χ1n) is 14.2. The summed E-state index contributed by atoms with van der Waals surface area (Å²) in [5.74, 6) is 1.13. The summed E-state index contributed by atoms with van der Waals surface area (Å²) in [6.07, 6.45) is 0.741. The van der Waals surface area contributed by atoms with Gasteiger partial charge in [-0.1, -0.05) is 12.1 Å². The molecule has 1 aliphatic carbocycles. The zero-order valence-corrected chi connectivity index (χ0v) is 24.9. The van der Waals surface area contributed by atoms with E-state index in [1.54, 1.807) is 64.1 Å². The molecule has 0 amide bonds. The van der Waals surface area contributed by atoms with Gasteiger partial charge >= 0.3 is 13.5 Å². The Hall–Kier alpha value is -4.07. The van der Waals surface area contributed by atoms with Crippen LogP contribution in [0.15, 0.2) is 48.5 Å². The standard InChI is InChI=1S/C33H34BFNO7/c1-32(2,38)33(3,4)43-34-21-7-6-19(17-36)28(15-21)42-26-13-11-25(35)31-24(26)10-12-27(31)41-22-8-9-23-20(14-30(37)39-5)18-40-29(23)16-22/h6-9,11,13,15-16,20,27,38H,10,12,14,18H2,1-5H3. The van der Waals surface area contributed by atoms with Crippen molar-refractivity contribution >= 4 is 18.9 Å². The fraction of sp³-hybridized carbons (Fsp3) is 0.394. The molecule has 2 unspecified atom stereocenters. The number of carbonyl (C=O) groups excluding carboxylic acids is 1. The van der Waals surface area contributed by atoms with Crippen molar-refractivity contribution < 1.29 is 37.9 Å². The lowest BCUT2D eigenvalue weighted by atomic mass is 9.82. The van der Waals surface area contributed by atoms with E-state index >= 15 is 4.39 Å². The molecular weight excluding hydrogens is 552 g/mol. The second kappa shape index (κ2) is 11.9. The summed E-state index contributed by atoms with van der Waals surface area (Å²) in [4.78, 5) is 11.7. The number of benzene rings is 3. The quantitative estimate of drug-likeness (QED) is 0.249. The number of hydrogen-bond donors (Lipinski definition) is 1. The molecule has 2 aliphatic rings. The van der Waals surface area contributed by atoms with Crippen LogP contribution in [0.3, 0.4) is 0 Å². The molecule has 1 radical (unpaired) electrons. The minimum atomic E-state index is -1.09. The van der Waals surface area contributed by atoms with Crippen molar-refractivity contribution in [3.8, 4) is 29.1 Å². The predicted molar refractivity (Wildman–Crippen MR) is 157 cm³/mol. The van der Waals surface area contributed by atoms with Crippen molar-refractivity contribution in [1.82, 2.24) is 0 Å². The zero-order valence-electron chi connectivity index (χ0n) is 24.9. The van der Waals surface area contributed by atoms with Crippen LogP contribution in [0.5, 0.6) is 23.0 Å². The number of hydrogen-bond acceptors (Lipinski definition) is 8. The molecule has 8 nitrogen and oxygen atoms in total. The van der Waals surface area contributed by atoms with Crippen LogP contribution in [0.1, 0.15) is 74.8 Å². The maximum absolute atomic E-state index is 15.2. The highest BCUT2D eigenvalue weighted by molar-refractivity contribution is 6.47. The van der Waals surface area contributed by atoms with Gasteiger partial charge in [0.1, 0.15) is 41.0 Å². The van der Waals surface area contributed by atoms with Crippen molar-refractivity contribution in [3.05, 3.63) is 76.6 Å². The van der Waals surface area contributed by atoms with E-state index in [4.69, 9.17) is 23.6 Å². The summed E-state index contributed by atoms with van der Waals surface area (Å²) < 4.78 is 44.1. The molecule has 3 aromatic rings. The molecular formula is C33H34BFNO7. The average Bonchev–Trinajstić information content (AvgIpc) is 3.57. The van der Waals surface area contributed by atoms with Gasteiger partial charge < -0.3 is 28.7 Å². The Labute approximate surface area is 251 Å². The number of fused-ring (bicyclic) bond motifs is 2. The van der Waals surface area contributed by atoms with E-state index in [9.17, 15) is 15.2 Å². The summed E-state index contributed by atoms with van der Waals surface area (Å²) in [6.45, 7) is 7.27. The second-order valence-corrected chi connectivity index (χ2v) is 11.8. The highest BCUT2D eigenvalue weighted by atomic mass is 19.1. The largest absolute Gasteiger partial charge is 0.492 e. The van der Waals surface area contributed by atoms with Crippen molar-refractivity contribution in [2.75, 3.05) is 13.7 Å². The van der Waals surface area contributed by atoms with E-state index in [1.807, 2.05) is 6.07 Å². The third kappa shape index (κ3) is 6.34. The molecule has 43 heavy (non-hydrogen) atoms. The Bertz CT molecular complexity index is 1580. The van der Waals surface area contributed by atoms with Gasteiger partial charge in [-0.2, -0.15) is 5.26 Å². The molecule has 0 saturated heterocycles. The SMILES string of the molecule is COC(=O)CC1COc2cc(OC3CCc4c(Oc5cc([B]OC(C)(C)C(C)(C)O)ccc5C#N)ccc(F)c43)ccc21. The molecule has 5 rings (SSSR count). The first kappa shape index (κ1) is 30.4. The van der Waals surface area contributed by atoms with Gasteiger partial charge in [-0.15, -0.1) is 0 Å². The molecule has 1 N–H and O–H groups in total. The molecule has 1 aliphatic heterocycles. The van der Waals surface area contributed by atoms with Crippen molar-refractivity contribution in [1.29, 1.82) is 5.26 Å². The van der Waals surface area contributed by atoms with Crippen LogP contribution in [0.2, 0.25) is 0 Å². The number of carbonyl (C=O) groups is 1. The highest BCUT2D eigenvalue weighted by Crippen LogP contribution is 2.44. The van der Waals surface area contributed by atoms with Crippen LogP contribution in [0.4, 0.5) is 4.39 Å². The van der Waals surface area contributed by atoms with Crippen molar-refractivity contribution in [2.24, 2.45) is 0 Å². The lowest BCUT2D eigenvalue weighted by Gasteiger charge is -2.37. The first-order valence-corrected chi connectivity index (χ1v) is 14.2. The smallest absolute Gasteiger partial charge is 0.331 e. The fourth-order valence-electron chi connectivity index (χ4n) is 5.07. The maximum Gasteiger partial charge on any atom is 0.331 e. The molecule has 0 fully saturated rings. The number of halogens is 1. The minimum Gasteiger partial charge on any atom is -0.492 e. The zero-order chi connectivity index (χ0) is 30.9. The molecule has 2 atom stereocenters. The summed E-state index contributed by atoms with van der Waals surface area (Å²) in [7, 11) is 2.88. The van der Waals surface area contributed by atoms with E-state index in [-0.39, 0.29) is 18.3 Å². The van der Waals surface area contributed by atoms with E-state index < -0.39 is 23.1 Å². The molecule has 0 saturated carbocycles. The number of esters is 1. The lowest BCUT2D eigenvalue weighted by Crippen LogP contribution is -2.49. The third-order valence-electron chi connectivity index (χ3n) is 8.33. The van der Waals surface area contributed by atoms with Gasteiger partial charge in [0.15, 0.2) is 0 Å². The predicted octanol–water partition coefficient (Wildman–Crippen LogP) is 5.41. The first-order chi connectivity index (χ1) is 20.4. The highest BCUT2D eigenvalue weighted by Gasteiger charge is 2.36. The van der Waals surface area contributed by atoms with Gasteiger partial charge in [0.2, 0.25) is 0 Å². The van der Waals surface area contributed by atoms with Crippen LogP contribution < -0.4 is 19.7 Å². The molecule has 0 aromatic heterocycles. The third-order valence-corrected chi connectivity index (χ3v) is 8.33. The number of methoxy groups -OCH3 is 1. The Morgan fingerprint density at radius 2 is 1.93 bits per heavy atom. The van der Waals surface area contributed by atoms with Crippen LogP contribution in [0, 0.1) is 17.1 Å². The molecule has 1 heterocycles. The van der Waals surface area contributed by atoms with Crippen LogP contribution in [0.25, 0.3) is 0 Å². The number of aliphatic hydroxyl groups is 1. The molecule has 223 valence electrons. The maximum atomic E-state index is 15.2. The van der Waals surface area contributed by atoms with E-state index in [2.05, 4.69) is 6.07 Å². The molecule has 3 aromatic carbocycles. The van der Waals surface area contributed by atoms with Gasteiger partial charge in [0, 0.05) is 28.7 Å². The average molecular weight is 586 g/mol. The lowest BCUT2D eigenvalue weighted by molar-refractivity contribution is -0.141. The van der Waals surface area contributed by atoms with Gasteiger partial charge in [-0.05, 0) is 76.3 Å².